The maximum atomic E-state index is 13.3. The van der Waals surface area contributed by atoms with Gasteiger partial charge in [-0.25, -0.2) is 13.4 Å². The first kappa shape index (κ1) is 26.2. The third-order valence-electron chi connectivity index (χ3n) is 5.48. The highest BCUT2D eigenvalue weighted by Gasteiger charge is 2.26. The summed E-state index contributed by atoms with van der Waals surface area (Å²) in [6.07, 6.45) is 3.13. The second kappa shape index (κ2) is 11.8. The average Bonchev–Trinajstić information content (AvgIpc) is 3.26. The van der Waals surface area contributed by atoms with Crippen molar-refractivity contribution >= 4 is 15.7 Å². The average molecular weight is 498 g/mol. The van der Waals surface area contributed by atoms with Crippen molar-refractivity contribution in [1.29, 1.82) is 0 Å². The maximum absolute atomic E-state index is 13.3. The minimum atomic E-state index is -3.74. The SMILES string of the molecule is C=CCN(Cc1cnc(S(=O)(=O)Cc2ccc(C)cc2)n1CCOC)C(=O)c1cccc(OC)c1. The second-order valence-electron chi connectivity index (χ2n) is 8.13. The van der Waals surface area contributed by atoms with Crippen molar-refractivity contribution in [2.24, 2.45) is 0 Å². The van der Waals surface area contributed by atoms with Gasteiger partial charge in [0, 0.05) is 25.8 Å². The lowest BCUT2D eigenvalue weighted by atomic mass is 10.2. The Morgan fingerprint density at radius 2 is 1.91 bits per heavy atom. The highest BCUT2D eigenvalue weighted by Crippen LogP contribution is 2.21. The molecule has 0 spiro atoms. The van der Waals surface area contributed by atoms with E-state index in [0.29, 0.717) is 29.2 Å². The Morgan fingerprint density at radius 3 is 2.57 bits per heavy atom. The minimum Gasteiger partial charge on any atom is -0.497 e. The van der Waals surface area contributed by atoms with Crippen molar-refractivity contribution in [3.63, 3.8) is 0 Å². The van der Waals surface area contributed by atoms with Gasteiger partial charge < -0.3 is 18.9 Å². The van der Waals surface area contributed by atoms with E-state index in [0.717, 1.165) is 5.56 Å². The molecule has 0 aliphatic rings. The molecule has 1 aromatic heterocycles. The minimum absolute atomic E-state index is 0.0440. The number of amides is 1. The molecule has 1 amide bonds. The van der Waals surface area contributed by atoms with E-state index in [9.17, 15) is 13.2 Å². The van der Waals surface area contributed by atoms with Gasteiger partial charge in [-0.15, -0.1) is 6.58 Å². The molecule has 8 nitrogen and oxygen atoms in total. The Balaban J connectivity index is 1.93. The van der Waals surface area contributed by atoms with Gasteiger partial charge in [0.2, 0.25) is 15.0 Å². The Hall–Kier alpha value is -3.43. The van der Waals surface area contributed by atoms with Crippen LogP contribution in [0.1, 0.15) is 27.2 Å². The van der Waals surface area contributed by atoms with Crippen LogP contribution in [0.15, 0.2) is 72.5 Å². The quantitative estimate of drug-likeness (QED) is 0.355. The zero-order chi connectivity index (χ0) is 25.4. The number of methoxy groups -OCH3 is 2. The summed E-state index contributed by atoms with van der Waals surface area (Å²) in [5, 5.41) is -0.0440. The summed E-state index contributed by atoms with van der Waals surface area (Å²) in [5.74, 6) is 0.173. The van der Waals surface area contributed by atoms with Gasteiger partial charge in [-0.05, 0) is 30.7 Å². The fourth-order valence-corrected chi connectivity index (χ4v) is 5.18. The number of carbonyl (C=O) groups is 1. The smallest absolute Gasteiger partial charge is 0.254 e. The lowest BCUT2D eigenvalue weighted by molar-refractivity contribution is 0.0757. The molecule has 0 N–H and O–H groups in total. The summed E-state index contributed by atoms with van der Waals surface area (Å²) in [4.78, 5) is 19.1. The Bertz CT molecular complexity index is 1270. The van der Waals surface area contributed by atoms with Gasteiger partial charge in [-0.2, -0.15) is 0 Å². The molecule has 0 aliphatic carbocycles. The summed E-state index contributed by atoms with van der Waals surface area (Å²) >= 11 is 0. The molecular formula is C26H31N3O5S. The van der Waals surface area contributed by atoms with E-state index in [1.807, 2.05) is 19.1 Å². The molecule has 0 unspecified atom stereocenters. The van der Waals surface area contributed by atoms with Crippen LogP contribution in [0.3, 0.4) is 0 Å². The van der Waals surface area contributed by atoms with Crippen LogP contribution in [0.2, 0.25) is 0 Å². The molecule has 186 valence electrons. The van der Waals surface area contributed by atoms with Crippen LogP contribution < -0.4 is 4.74 Å². The molecule has 0 radical (unpaired) electrons. The number of nitrogens with zero attached hydrogens (tertiary/aromatic N) is 3. The second-order valence-corrected chi connectivity index (χ2v) is 10.0. The number of imidazole rings is 1. The summed E-state index contributed by atoms with van der Waals surface area (Å²) in [5.41, 5.74) is 2.78. The van der Waals surface area contributed by atoms with Crippen molar-refractivity contribution < 1.29 is 22.7 Å². The maximum Gasteiger partial charge on any atom is 0.254 e. The molecule has 0 fully saturated rings. The van der Waals surface area contributed by atoms with Crippen molar-refractivity contribution in [2.75, 3.05) is 27.4 Å². The summed E-state index contributed by atoms with van der Waals surface area (Å²) < 4.78 is 38.6. The fourth-order valence-electron chi connectivity index (χ4n) is 3.67. The standard InChI is InChI=1S/C26H31N3O5S/c1-5-13-28(25(30)22-7-6-8-24(16-22)34-4)18-23-17-27-26(29(23)14-15-33-3)35(31,32)19-21-11-9-20(2)10-12-21/h5-12,16-17H,1,13-15,18-19H2,2-4H3. The van der Waals surface area contributed by atoms with Crippen LogP contribution in [-0.4, -0.2) is 56.1 Å². The number of aromatic nitrogens is 2. The molecule has 0 atom stereocenters. The number of rotatable bonds is 12. The van der Waals surface area contributed by atoms with Gasteiger partial charge in [0.15, 0.2) is 0 Å². The Morgan fingerprint density at radius 1 is 1.17 bits per heavy atom. The van der Waals surface area contributed by atoms with Crippen molar-refractivity contribution in [3.05, 3.63) is 89.8 Å². The van der Waals surface area contributed by atoms with Crippen LogP contribution in [-0.2, 0) is 33.4 Å². The molecule has 35 heavy (non-hydrogen) atoms. The van der Waals surface area contributed by atoms with Crippen molar-refractivity contribution in [2.45, 2.75) is 30.9 Å². The lowest BCUT2D eigenvalue weighted by Gasteiger charge is -2.22. The molecule has 9 heteroatoms. The van der Waals surface area contributed by atoms with Crippen LogP contribution in [0.25, 0.3) is 0 Å². The molecule has 2 aromatic carbocycles. The molecular weight excluding hydrogens is 466 g/mol. The van der Waals surface area contributed by atoms with E-state index in [4.69, 9.17) is 9.47 Å². The van der Waals surface area contributed by atoms with Gasteiger partial charge in [0.05, 0.1) is 37.9 Å². The molecule has 0 bridgehead atoms. The van der Waals surface area contributed by atoms with Gasteiger partial charge in [0.1, 0.15) is 5.75 Å². The third-order valence-corrected chi connectivity index (χ3v) is 7.08. The molecule has 0 saturated heterocycles. The number of hydrogen-bond donors (Lipinski definition) is 0. The van der Waals surface area contributed by atoms with Gasteiger partial charge in [-0.3, -0.25) is 4.79 Å². The zero-order valence-corrected chi connectivity index (χ0v) is 21.1. The molecule has 0 aliphatic heterocycles. The summed E-state index contributed by atoms with van der Waals surface area (Å²) in [7, 11) is -0.651. The van der Waals surface area contributed by atoms with E-state index in [-0.39, 0.29) is 36.5 Å². The summed E-state index contributed by atoms with van der Waals surface area (Å²) in [6.45, 7) is 6.71. The largest absolute Gasteiger partial charge is 0.497 e. The monoisotopic (exact) mass is 497 g/mol. The van der Waals surface area contributed by atoms with Crippen LogP contribution >= 0.6 is 0 Å². The van der Waals surface area contributed by atoms with E-state index in [1.54, 1.807) is 59.1 Å². The first-order valence-electron chi connectivity index (χ1n) is 11.1. The molecule has 3 aromatic rings. The Labute approximate surface area is 206 Å². The van der Waals surface area contributed by atoms with E-state index >= 15 is 0 Å². The van der Waals surface area contributed by atoms with Crippen molar-refractivity contribution in [1.82, 2.24) is 14.5 Å². The predicted molar refractivity (Wildman–Crippen MR) is 134 cm³/mol. The first-order chi connectivity index (χ1) is 16.8. The number of sulfone groups is 1. The Kier molecular flexibility index (Phi) is 8.84. The van der Waals surface area contributed by atoms with Gasteiger partial charge in [-0.1, -0.05) is 42.0 Å². The zero-order valence-electron chi connectivity index (χ0n) is 20.3. The number of benzene rings is 2. The third kappa shape index (κ3) is 6.58. The number of aryl methyl sites for hydroxylation is 1. The topological polar surface area (TPSA) is 90.7 Å². The normalized spacial score (nSPS) is 11.3. The predicted octanol–water partition coefficient (Wildman–Crippen LogP) is 3.65. The van der Waals surface area contributed by atoms with Crippen molar-refractivity contribution in [3.8, 4) is 5.75 Å². The molecule has 3 rings (SSSR count). The number of hydrogen-bond acceptors (Lipinski definition) is 6. The highest BCUT2D eigenvalue weighted by atomic mass is 32.2. The van der Waals surface area contributed by atoms with Crippen LogP contribution in [0, 0.1) is 6.92 Å². The fraction of sp³-hybridized carbons (Fsp3) is 0.308. The van der Waals surface area contributed by atoms with E-state index in [1.165, 1.54) is 13.3 Å². The van der Waals surface area contributed by atoms with Gasteiger partial charge in [0.25, 0.3) is 5.91 Å². The number of carbonyl (C=O) groups excluding carboxylic acids is 1. The molecule has 0 saturated carbocycles. The highest BCUT2D eigenvalue weighted by molar-refractivity contribution is 7.90. The van der Waals surface area contributed by atoms with Crippen LogP contribution in [0.4, 0.5) is 0 Å². The molecule has 1 heterocycles. The van der Waals surface area contributed by atoms with E-state index in [2.05, 4.69) is 11.6 Å². The first-order valence-corrected chi connectivity index (χ1v) is 12.8. The van der Waals surface area contributed by atoms with Crippen LogP contribution in [0.5, 0.6) is 5.75 Å². The van der Waals surface area contributed by atoms with E-state index < -0.39 is 9.84 Å². The number of ether oxygens (including phenoxy) is 2. The summed E-state index contributed by atoms with van der Waals surface area (Å²) in [6, 6.07) is 14.2. The van der Waals surface area contributed by atoms with Gasteiger partial charge >= 0.3 is 0 Å². The lowest BCUT2D eigenvalue weighted by Crippen LogP contribution is -2.32.